The molecule has 8 nitrogen and oxygen atoms in total. The summed E-state index contributed by atoms with van der Waals surface area (Å²) in [6.45, 7) is 2.59. The van der Waals surface area contributed by atoms with Gasteiger partial charge in [0.15, 0.2) is 18.1 Å². The Morgan fingerprint density at radius 2 is 1.90 bits per heavy atom. The zero-order valence-electron chi connectivity index (χ0n) is 16.0. The summed E-state index contributed by atoms with van der Waals surface area (Å²) >= 11 is 0. The predicted octanol–water partition coefficient (Wildman–Crippen LogP) is 2.26. The molecule has 154 valence electrons. The molecule has 2 aliphatic rings. The third kappa shape index (κ3) is 4.01. The van der Waals surface area contributed by atoms with Gasteiger partial charge in [-0.3, -0.25) is 4.79 Å². The normalized spacial score (nSPS) is 18.0. The first-order valence-electron chi connectivity index (χ1n) is 9.42. The van der Waals surface area contributed by atoms with E-state index in [9.17, 15) is 13.2 Å². The first kappa shape index (κ1) is 19.5. The van der Waals surface area contributed by atoms with Gasteiger partial charge in [0.2, 0.25) is 10.0 Å². The minimum absolute atomic E-state index is 0.0818. The lowest BCUT2D eigenvalue weighted by Crippen LogP contribution is -2.44. The molecule has 1 N–H and O–H groups in total. The molecule has 0 radical (unpaired) electrons. The summed E-state index contributed by atoms with van der Waals surface area (Å²) in [7, 11) is -3.80. The average molecular weight is 418 g/mol. The van der Waals surface area contributed by atoms with Crippen molar-refractivity contribution in [3.05, 3.63) is 42.5 Å². The van der Waals surface area contributed by atoms with Crippen molar-refractivity contribution in [3.63, 3.8) is 0 Å². The van der Waals surface area contributed by atoms with Crippen molar-refractivity contribution >= 4 is 21.6 Å². The molecule has 4 rings (SSSR count). The van der Waals surface area contributed by atoms with E-state index in [1.807, 2.05) is 25.1 Å². The Morgan fingerprint density at radius 1 is 1.10 bits per heavy atom. The number of carbonyl (C=O) groups is 1. The second-order valence-electron chi connectivity index (χ2n) is 6.86. The van der Waals surface area contributed by atoms with E-state index in [0.717, 1.165) is 0 Å². The summed E-state index contributed by atoms with van der Waals surface area (Å²) in [5.74, 6) is 1.39. The molecule has 2 aliphatic heterocycles. The summed E-state index contributed by atoms with van der Waals surface area (Å²) in [5, 5.41) is 2.64. The fourth-order valence-electron chi connectivity index (χ4n) is 3.31. The number of amides is 1. The number of rotatable bonds is 6. The van der Waals surface area contributed by atoms with E-state index in [1.54, 1.807) is 12.1 Å². The second kappa shape index (κ2) is 7.92. The van der Waals surface area contributed by atoms with E-state index in [0.29, 0.717) is 35.9 Å². The standard InChI is InChI=1S/C20H22N2O6S/c1-2-9-22(11-14-12-26-18-5-3-4-6-19(18)28-14)29(24,25)15-7-8-17-16(10-15)21-20(23)13-27-17/h3-8,10,14H,2,9,11-13H2,1H3,(H,21,23). The number of sulfonamides is 1. The lowest BCUT2D eigenvalue weighted by molar-refractivity contribution is -0.118. The molecular weight excluding hydrogens is 396 g/mol. The number of ether oxygens (including phenoxy) is 3. The van der Waals surface area contributed by atoms with Gasteiger partial charge in [0, 0.05) is 6.54 Å². The highest BCUT2D eigenvalue weighted by molar-refractivity contribution is 7.89. The van der Waals surface area contributed by atoms with Crippen LogP contribution in [0.15, 0.2) is 47.4 Å². The van der Waals surface area contributed by atoms with E-state index in [4.69, 9.17) is 14.2 Å². The smallest absolute Gasteiger partial charge is 0.262 e. The molecule has 0 aromatic heterocycles. The van der Waals surface area contributed by atoms with Crippen molar-refractivity contribution in [2.45, 2.75) is 24.3 Å². The van der Waals surface area contributed by atoms with E-state index < -0.39 is 16.1 Å². The van der Waals surface area contributed by atoms with Gasteiger partial charge in [-0.2, -0.15) is 4.31 Å². The Bertz CT molecular complexity index is 1020. The Labute approximate surface area is 169 Å². The Balaban J connectivity index is 1.56. The second-order valence-corrected chi connectivity index (χ2v) is 8.79. The maximum Gasteiger partial charge on any atom is 0.262 e. The molecule has 0 bridgehead atoms. The topological polar surface area (TPSA) is 94.2 Å². The van der Waals surface area contributed by atoms with Crippen molar-refractivity contribution in [3.8, 4) is 17.2 Å². The van der Waals surface area contributed by atoms with Crippen molar-refractivity contribution in [2.75, 3.05) is 31.6 Å². The molecule has 0 saturated heterocycles. The number of para-hydroxylation sites is 2. The highest BCUT2D eigenvalue weighted by Gasteiger charge is 2.31. The van der Waals surface area contributed by atoms with Crippen LogP contribution in [0, 0.1) is 0 Å². The average Bonchev–Trinajstić information content (AvgIpc) is 2.72. The highest BCUT2D eigenvalue weighted by Crippen LogP contribution is 2.33. The lowest BCUT2D eigenvalue weighted by atomic mass is 10.2. The lowest BCUT2D eigenvalue weighted by Gasteiger charge is -2.31. The molecule has 0 fully saturated rings. The Morgan fingerprint density at radius 3 is 2.69 bits per heavy atom. The molecule has 2 aromatic rings. The van der Waals surface area contributed by atoms with Crippen LogP contribution in [0.1, 0.15) is 13.3 Å². The van der Waals surface area contributed by atoms with Crippen LogP contribution >= 0.6 is 0 Å². The summed E-state index contributed by atoms with van der Waals surface area (Å²) < 4.78 is 44.9. The largest absolute Gasteiger partial charge is 0.486 e. The van der Waals surface area contributed by atoms with E-state index in [2.05, 4.69) is 5.32 Å². The van der Waals surface area contributed by atoms with Crippen molar-refractivity contribution in [1.82, 2.24) is 4.31 Å². The molecule has 2 heterocycles. The number of carbonyl (C=O) groups excluding carboxylic acids is 1. The number of nitrogens with zero attached hydrogens (tertiary/aromatic N) is 1. The third-order valence-corrected chi connectivity index (χ3v) is 6.53. The first-order chi connectivity index (χ1) is 14.0. The highest BCUT2D eigenvalue weighted by atomic mass is 32.2. The molecule has 2 aromatic carbocycles. The van der Waals surface area contributed by atoms with E-state index in [1.165, 1.54) is 16.4 Å². The van der Waals surface area contributed by atoms with E-state index in [-0.39, 0.29) is 30.6 Å². The number of fused-ring (bicyclic) bond motifs is 2. The van der Waals surface area contributed by atoms with Gasteiger partial charge in [0.25, 0.3) is 5.91 Å². The monoisotopic (exact) mass is 418 g/mol. The molecular formula is C20H22N2O6S. The molecule has 0 spiro atoms. The fraction of sp³-hybridized carbons (Fsp3) is 0.350. The van der Waals surface area contributed by atoms with Crippen LogP contribution in [0.2, 0.25) is 0 Å². The van der Waals surface area contributed by atoms with Gasteiger partial charge in [-0.15, -0.1) is 0 Å². The molecule has 0 aliphatic carbocycles. The predicted molar refractivity (Wildman–Crippen MR) is 106 cm³/mol. The van der Waals surface area contributed by atoms with Crippen LogP contribution < -0.4 is 19.5 Å². The maximum atomic E-state index is 13.3. The van der Waals surface area contributed by atoms with Crippen molar-refractivity contribution < 1.29 is 27.4 Å². The number of hydrogen-bond acceptors (Lipinski definition) is 6. The molecule has 1 unspecified atom stereocenters. The van der Waals surface area contributed by atoms with Gasteiger partial charge in [0.05, 0.1) is 17.1 Å². The van der Waals surface area contributed by atoms with Crippen molar-refractivity contribution in [2.24, 2.45) is 0 Å². The Kier molecular flexibility index (Phi) is 5.33. The molecule has 0 saturated carbocycles. The molecule has 1 amide bonds. The Hall–Kier alpha value is -2.78. The number of nitrogens with one attached hydrogen (secondary N) is 1. The maximum absolute atomic E-state index is 13.3. The van der Waals surface area contributed by atoms with Crippen LogP contribution in [0.25, 0.3) is 0 Å². The quantitative estimate of drug-likeness (QED) is 0.773. The van der Waals surface area contributed by atoms with Gasteiger partial charge >= 0.3 is 0 Å². The van der Waals surface area contributed by atoms with Crippen LogP contribution in [-0.2, 0) is 14.8 Å². The summed E-state index contributed by atoms with van der Waals surface area (Å²) in [6, 6.07) is 11.8. The van der Waals surface area contributed by atoms with Crippen LogP contribution in [0.4, 0.5) is 5.69 Å². The number of benzene rings is 2. The van der Waals surface area contributed by atoms with Crippen molar-refractivity contribution in [1.29, 1.82) is 0 Å². The molecule has 9 heteroatoms. The fourth-order valence-corrected chi connectivity index (χ4v) is 4.90. The van der Waals surface area contributed by atoms with Crippen LogP contribution in [-0.4, -0.2) is 51.0 Å². The van der Waals surface area contributed by atoms with Gasteiger partial charge in [-0.05, 0) is 36.8 Å². The molecule has 29 heavy (non-hydrogen) atoms. The zero-order chi connectivity index (χ0) is 20.4. The number of hydrogen-bond donors (Lipinski definition) is 1. The summed E-state index contributed by atoms with van der Waals surface area (Å²) in [6.07, 6.45) is 0.223. The number of anilines is 1. The minimum atomic E-state index is -3.80. The minimum Gasteiger partial charge on any atom is -0.486 e. The van der Waals surface area contributed by atoms with E-state index >= 15 is 0 Å². The zero-order valence-corrected chi connectivity index (χ0v) is 16.8. The van der Waals surface area contributed by atoms with Gasteiger partial charge in [0.1, 0.15) is 18.5 Å². The molecule has 1 atom stereocenters. The van der Waals surface area contributed by atoms with Crippen LogP contribution in [0.3, 0.4) is 0 Å². The summed E-state index contributed by atoms with van der Waals surface area (Å²) in [5.41, 5.74) is 0.352. The van der Waals surface area contributed by atoms with Gasteiger partial charge < -0.3 is 19.5 Å². The van der Waals surface area contributed by atoms with Gasteiger partial charge in [-0.25, -0.2) is 8.42 Å². The van der Waals surface area contributed by atoms with Crippen LogP contribution in [0.5, 0.6) is 17.2 Å². The SMILES string of the molecule is CCCN(CC1COc2ccccc2O1)S(=O)(=O)c1ccc2c(c1)NC(=O)CO2. The summed E-state index contributed by atoms with van der Waals surface area (Å²) in [4.78, 5) is 11.7. The van der Waals surface area contributed by atoms with Gasteiger partial charge in [-0.1, -0.05) is 19.1 Å². The third-order valence-electron chi connectivity index (χ3n) is 4.67. The first-order valence-corrected chi connectivity index (χ1v) is 10.9.